The molecule has 6 heteroatoms. The minimum atomic E-state index is -4.75. The van der Waals surface area contributed by atoms with Crippen LogP contribution in [-0.4, -0.2) is 25.0 Å². The second-order valence-electron chi connectivity index (χ2n) is 4.96. The zero-order chi connectivity index (χ0) is 13.6. The van der Waals surface area contributed by atoms with Gasteiger partial charge < -0.3 is 9.47 Å². The van der Waals surface area contributed by atoms with Crippen molar-refractivity contribution in [1.29, 1.82) is 0 Å². The van der Waals surface area contributed by atoms with E-state index in [1.807, 2.05) is 12.2 Å². The van der Waals surface area contributed by atoms with Gasteiger partial charge in [-0.2, -0.15) is 13.2 Å². The number of hydrogen-bond acceptors (Lipinski definition) is 3. The topological polar surface area (TPSA) is 35.5 Å². The van der Waals surface area contributed by atoms with Crippen molar-refractivity contribution in [2.45, 2.75) is 31.7 Å². The number of halogens is 3. The van der Waals surface area contributed by atoms with E-state index in [-0.39, 0.29) is 5.92 Å². The van der Waals surface area contributed by atoms with Crippen molar-refractivity contribution in [3.05, 3.63) is 12.2 Å². The molecule has 2 aliphatic carbocycles. The monoisotopic (exact) mass is 264 g/mol. The Morgan fingerprint density at radius 2 is 1.94 bits per heavy atom. The number of alkyl halides is 3. The maximum Gasteiger partial charge on any atom is 0.455 e. The molecular weight excluding hydrogens is 249 g/mol. The van der Waals surface area contributed by atoms with Crippen molar-refractivity contribution >= 4 is 5.97 Å². The van der Waals surface area contributed by atoms with Crippen LogP contribution >= 0.6 is 0 Å². The van der Waals surface area contributed by atoms with Gasteiger partial charge in [0.15, 0.2) is 0 Å². The van der Waals surface area contributed by atoms with Gasteiger partial charge in [-0.05, 0) is 24.7 Å². The largest absolute Gasteiger partial charge is 0.455 e. The molecule has 2 aliphatic rings. The lowest BCUT2D eigenvalue weighted by molar-refractivity contribution is -0.353. The first-order valence-electron chi connectivity index (χ1n) is 5.80. The minimum absolute atomic E-state index is 0.0110. The standard InChI is InChI=1S/C12H15F3O3/c1-11(17-2,12(13,14)15)18-10(16)9-6-7-3-4-8(9)5-7/h3-4,7-9H,5-6H2,1-2H3. The highest BCUT2D eigenvalue weighted by Gasteiger charge is 2.57. The molecule has 0 aliphatic heterocycles. The highest BCUT2D eigenvalue weighted by Crippen LogP contribution is 2.45. The highest BCUT2D eigenvalue weighted by molar-refractivity contribution is 5.74. The Morgan fingerprint density at radius 3 is 2.33 bits per heavy atom. The van der Waals surface area contributed by atoms with Crippen LogP contribution in [0.2, 0.25) is 0 Å². The zero-order valence-electron chi connectivity index (χ0n) is 10.2. The van der Waals surface area contributed by atoms with Gasteiger partial charge in [0.1, 0.15) is 0 Å². The first-order chi connectivity index (χ1) is 8.27. The lowest BCUT2D eigenvalue weighted by atomic mass is 9.94. The molecule has 0 aromatic heterocycles. The van der Waals surface area contributed by atoms with E-state index < -0.39 is 23.9 Å². The number of rotatable bonds is 3. The number of methoxy groups -OCH3 is 1. The Morgan fingerprint density at radius 1 is 1.28 bits per heavy atom. The van der Waals surface area contributed by atoms with Gasteiger partial charge in [0.05, 0.1) is 5.92 Å². The second-order valence-corrected chi connectivity index (χ2v) is 4.96. The predicted octanol–water partition coefficient (Wildman–Crippen LogP) is 2.67. The number of carbonyl (C=O) groups excluding carboxylic acids is 1. The van der Waals surface area contributed by atoms with Gasteiger partial charge >= 0.3 is 17.9 Å². The average Bonchev–Trinajstić information content (AvgIpc) is 2.88. The van der Waals surface area contributed by atoms with E-state index in [2.05, 4.69) is 9.47 Å². The van der Waals surface area contributed by atoms with Crippen molar-refractivity contribution < 1.29 is 27.4 Å². The van der Waals surface area contributed by atoms with Gasteiger partial charge in [0.25, 0.3) is 0 Å². The Hall–Kier alpha value is -1.04. The summed E-state index contributed by atoms with van der Waals surface area (Å²) in [6.07, 6.45) is 0.545. The van der Waals surface area contributed by atoms with E-state index in [4.69, 9.17) is 0 Å². The van der Waals surface area contributed by atoms with E-state index in [0.29, 0.717) is 19.3 Å². The summed E-state index contributed by atoms with van der Waals surface area (Å²) >= 11 is 0. The van der Waals surface area contributed by atoms with Gasteiger partial charge in [-0.15, -0.1) is 0 Å². The molecule has 0 N–H and O–H groups in total. The maximum atomic E-state index is 12.7. The number of esters is 1. The number of allylic oxidation sites excluding steroid dienone is 2. The summed E-state index contributed by atoms with van der Waals surface area (Å²) in [5.74, 6) is -3.86. The molecule has 0 radical (unpaired) electrons. The van der Waals surface area contributed by atoms with Crippen molar-refractivity contribution in [2.24, 2.45) is 17.8 Å². The van der Waals surface area contributed by atoms with E-state index in [1.54, 1.807) is 0 Å². The van der Waals surface area contributed by atoms with Crippen LogP contribution in [0.5, 0.6) is 0 Å². The second kappa shape index (κ2) is 4.26. The van der Waals surface area contributed by atoms with Crippen molar-refractivity contribution in [1.82, 2.24) is 0 Å². The molecule has 3 nitrogen and oxygen atoms in total. The molecule has 0 aromatic rings. The van der Waals surface area contributed by atoms with Crippen molar-refractivity contribution in [3.8, 4) is 0 Å². The van der Waals surface area contributed by atoms with Crippen LogP contribution in [0.1, 0.15) is 19.8 Å². The summed E-state index contributed by atoms with van der Waals surface area (Å²) in [6.45, 7) is 0.716. The number of fused-ring (bicyclic) bond motifs is 2. The summed E-state index contributed by atoms with van der Waals surface area (Å²) in [4.78, 5) is 11.8. The molecule has 0 saturated heterocycles. The van der Waals surface area contributed by atoms with Crippen LogP contribution in [0.15, 0.2) is 12.2 Å². The third kappa shape index (κ3) is 2.13. The van der Waals surface area contributed by atoms with Crippen LogP contribution in [0.4, 0.5) is 13.2 Å². The molecule has 102 valence electrons. The van der Waals surface area contributed by atoms with Crippen LogP contribution in [-0.2, 0) is 14.3 Å². The molecule has 0 aromatic carbocycles. The molecule has 4 atom stereocenters. The van der Waals surface area contributed by atoms with E-state index in [9.17, 15) is 18.0 Å². The third-order valence-corrected chi connectivity index (χ3v) is 3.78. The summed E-state index contributed by atoms with van der Waals surface area (Å²) in [5, 5.41) is 0. The fourth-order valence-electron chi connectivity index (χ4n) is 2.53. The van der Waals surface area contributed by atoms with Gasteiger partial charge in [-0.1, -0.05) is 12.2 Å². The summed E-state index contributed by atoms with van der Waals surface area (Å²) < 4.78 is 47.1. The van der Waals surface area contributed by atoms with Gasteiger partial charge in [0.2, 0.25) is 0 Å². The lowest BCUT2D eigenvalue weighted by Crippen LogP contribution is -2.49. The Balaban J connectivity index is 2.05. The minimum Gasteiger partial charge on any atom is -0.423 e. The van der Waals surface area contributed by atoms with Gasteiger partial charge in [-0.3, -0.25) is 4.79 Å². The van der Waals surface area contributed by atoms with Gasteiger partial charge in [-0.25, -0.2) is 0 Å². The SMILES string of the molecule is COC(C)(OC(=O)C1CC2C=CC1C2)C(F)(F)F. The molecular formula is C12H15F3O3. The quantitative estimate of drug-likeness (QED) is 0.446. The first kappa shape index (κ1) is 13.4. The highest BCUT2D eigenvalue weighted by atomic mass is 19.4. The van der Waals surface area contributed by atoms with Crippen molar-refractivity contribution in [3.63, 3.8) is 0 Å². The Kier molecular flexibility index (Phi) is 3.17. The molecule has 4 unspecified atom stereocenters. The van der Waals surface area contributed by atoms with E-state index >= 15 is 0 Å². The number of hydrogen-bond donors (Lipinski definition) is 0. The summed E-state index contributed by atoms with van der Waals surface area (Å²) in [6, 6.07) is 0. The molecule has 0 amide bonds. The number of ether oxygens (including phenoxy) is 2. The zero-order valence-corrected chi connectivity index (χ0v) is 10.2. The Labute approximate surface area is 103 Å². The van der Waals surface area contributed by atoms with Crippen LogP contribution in [0.25, 0.3) is 0 Å². The van der Waals surface area contributed by atoms with Gasteiger partial charge in [0, 0.05) is 14.0 Å². The smallest absolute Gasteiger partial charge is 0.423 e. The predicted molar refractivity (Wildman–Crippen MR) is 56.4 cm³/mol. The molecule has 2 bridgehead atoms. The molecule has 2 rings (SSSR count). The summed E-state index contributed by atoms with van der Waals surface area (Å²) in [7, 11) is 0.876. The molecule has 0 heterocycles. The fourth-order valence-corrected chi connectivity index (χ4v) is 2.53. The maximum absolute atomic E-state index is 12.7. The van der Waals surface area contributed by atoms with Crippen LogP contribution < -0.4 is 0 Å². The van der Waals surface area contributed by atoms with Crippen LogP contribution in [0.3, 0.4) is 0 Å². The van der Waals surface area contributed by atoms with E-state index in [0.717, 1.165) is 13.5 Å². The third-order valence-electron chi connectivity index (χ3n) is 3.78. The molecule has 0 spiro atoms. The number of carbonyl (C=O) groups is 1. The Bertz CT molecular complexity index is 377. The molecule has 1 fully saturated rings. The van der Waals surface area contributed by atoms with E-state index in [1.165, 1.54) is 0 Å². The first-order valence-corrected chi connectivity index (χ1v) is 5.80. The lowest BCUT2D eigenvalue weighted by Gasteiger charge is -2.31. The summed E-state index contributed by atoms with van der Waals surface area (Å²) in [5.41, 5.74) is 0. The van der Waals surface area contributed by atoms with Crippen LogP contribution in [0, 0.1) is 17.8 Å². The fraction of sp³-hybridized carbons (Fsp3) is 0.750. The normalized spacial score (nSPS) is 33.5. The molecule has 1 saturated carbocycles. The molecule has 18 heavy (non-hydrogen) atoms. The average molecular weight is 264 g/mol. The van der Waals surface area contributed by atoms with Crippen molar-refractivity contribution in [2.75, 3.05) is 7.11 Å².